The summed E-state index contributed by atoms with van der Waals surface area (Å²) in [6.07, 6.45) is 4.89. The summed E-state index contributed by atoms with van der Waals surface area (Å²) in [6, 6.07) is 9.18. The van der Waals surface area contributed by atoms with Gasteiger partial charge in [0.05, 0.1) is 20.3 Å². The molecule has 0 aliphatic carbocycles. The molecule has 1 N–H and O–H groups in total. The lowest BCUT2D eigenvalue weighted by atomic mass is 10.2. The zero-order chi connectivity index (χ0) is 18.9. The van der Waals surface area contributed by atoms with Crippen molar-refractivity contribution in [1.82, 2.24) is 10.3 Å². The maximum absolute atomic E-state index is 12.0. The summed E-state index contributed by atoms with van der Waals surface area (Å²) in [5, 5.41) is 2.81. The van der Waals surface area contributed by atoms with Gasteiger partial charge in [-0.25, -0.2) is 4.98 Å². The molecule has 0 fully saturated rings. The molecule has 0 aliphatic heterocycles. The quantitative estimate of drug-likeness (QED) is 0.736. The van der Waals surface area contributed by atoms with Gasteiger partial charge in [0.25, 0.3) is 0 Å². The predicted octanol–water partition coefficient (Wildman–Crippen LogP) is 3.22. The normalized spacial score (nSPS) is 10.8. The summed E-state index contributed by atoms with van der Waals surface area (Å²) in [6.45, 7) is 4.24. The summed E-state index contributed by atoms with van der Waals surface area (Å²) in [4.78, 5) is 16.1. The zero-order valence-corrected chi connectivity index (χ0v) is 15.5. The molecule has 0 bridgehead atoms. The number of nitrogens with one attached hydrogen (secondary N) is 1. The van der Waals surface area contributed by atoms with Crippen LogP contribution >= 0.6 is 0 Å². The van der Waals surface area contributed by atoms with Crippen molar-refractivity contribution in [3.63, 3.8) is 0 Å². The van der Waals surface area contributed by atoms with Crippen molar-refractivity contribution in [2.75, 3.05) is 14.2 Å². The fourth-order valence-corrected chi connectivity index (χ4v) is 2.29. The molecule has 2 rings (SSSR count). The van der Waals surface area contributed by atoms with Gasteiger partial charge in [0.1, 0.15) is 0 Å². The second-order valence-electron chi connectivity index (χ2n) is 5.80. The van der Waals surface area contributed by atoms with Gasteiger partial charge in [0, 0.05) is 24.4 Å². The zero-order valence-electron chi connectivity index (χ0n) is 15.5. The molecule has 0 saturated heterocycles. The number of benzene rings is 1. The van der Waals surface area contributed by atoms with E-state index in [1.165, 1.54) is 6.08 Å². The van der Waals surface area contributed by atoms with E-state index in [0.717, 1.165) is 11.1 Å². The highest BCUT2D eigenvalue weighted by Crippen LogP contribution is 2.29. The number of aromatic nitrogens is 1. The van der Waals surface area contributed by atoms with Gasteiger partial charge in [-0.1, -0.05) is 12.1 Å². The van der Waals surface area contributed by atoms with Gasteiger partial charge in [0.15, 0.2) is 11.5 Å². The number of hydrogen-bond donors (Lipinski definition) is 1. The van der Waals surface area contributed by atoms with Crippen LogP contribution in [0.25, 0.3) is 6.08 Å². The van der Waals surface area contributed by atoms with E-state index < -0.39 is 0 Å². The number of hydrogen-bond acceptors (Lipinski definition) is 5. The van der Waals surface area contributed by atoms with Crippen LogP contribution in [0.3, 0.4) is 0 Å². The molecule has 0 radical (unpaired) electrons. The van der Waals surface area contributed by atoms with Crippen molar-refractivity contribution in [3.05, 3.63) is 53.7 Å². The smallest absolute Gasteiger partial charge is 0.244 e. The van der Waals surface area contributed by atoms with Crippen LogP contribution in [0.1, 0.15) is 25.0 Å². The minimum absolute atomic E-state index is 0.0561. The Balaban J connectivity index is 1.99. The minimum atomic E-state index is -0.211. The van der Waals surface area contributed by atoms with Crippen LogP contribution < -0.4 is 19.5 Å². The first-order chi connectivity index (χ1) is 12.5. The topological polar surface area (TPSA) is 69.7 Å². The van der Waals surface area contributed by atoms with E-state index in [4.69, 9.17) is 14.2 Å². The average molecular weight is 356 g/mol. The first-order valence-corrected chi connectivity index (χ1v) is 8.32. The highest BCUT2D eigenvalue weighted by molar-refractivity contribution is 5.91. The van der Waals surface area contributed by atoms with Crippen LogP contribution in [-0.2, 0) is 11.3 Å². The maximum atomic E-state index is 12.0. The number of rotatable bonds is 8. The molecule has 6 heteroatoms. The molecule has 138 valence electrons. The third-order valence-electron chi connectivity index (χ3n) is 3.47. The molecule has 6 nitrogen and oxygen atoms in total. The Morgan fingerprint density at radius 1 is 1.19 bits per heavy atom. The van der Waals surface area contributed by atoms with E-state index in [-0.39, 0.29) is 12.0 Å². The number of carbonyl (C=O) groups is 1. The van der Waals surface area contributed by atoms with Crippen molar-refractivity contribution in [2.24, 2.45) is 0 Å². The molecule has 0 unspecified atom stereocenters. The molecule has 2 aromatic rings. The van der Waals surface area contributed by atoms with Crippen molar-refractivity contribution in [1.29, 1.82) is 0 Å². The number of pyridine rings is 1. The van der Waals surface area contributed by atoms with Gasteiger partial charge < -0.3 is 19.5 Å². The predicted molar refractivity (Wildman–Crippen MR) is 100 cm³/mol. The largest absolute Gasteiger partial charge is 0.493 e. The van der Waals surface area contributed by atoms with Crippen LogP contribution in [0.2, 0.25) is 0 Å². The van der Waals surface area contributed by atoms with E-state index in [2.05, 4.69) is 10.3 Å². The van der Waals surface area contributed by atoms with Crippen LogP contribution in [0, 0.1) is 0 Å². The number of ether oxygens (including phenoxy) is 3. The highest BCUT2D eigenvalue weighted by Gasteiger charge is 2.07. The lowest BCUT2D eigenvalue weighted by Gasteiger charge is -2.13. The Bertz CT molecular complexity index is 772. The van der Waals surface area contributed by atoms with Crippen molar-refractivity contribution in [2.45, 2.75) is 26.5 Å². The van der Waals surface area contributed by atoms with E-state index in [9.17, 15) is 4.79 Å². The number of nitrogens with zero attached hydrogens (tertiary/aromatic N) is 1. The average Bonchev–Trinajstić information content (AvgIpc) is 2.65. The first-order valence-electron chi connectivity index (χ1n) is 8.32. The number of carbonyl (C=O) groups excluding carboxylic acids is 1. The third kappa shape index (κ3) is 5.51. The number of amides is 1. The fraction of sp³-hybridized carbons (Fsp3) is 0.300. The first kappa shape index (κ1) is 19.3. The van der Waals surface area contributed by atoms with Crippen LogP contribution in [0.4, 0.5) is 0 Å². The molecule has 1 aromatic heterocycles. The van der Waals surface area contributed by atoms with Crippen molar-refractivity contribution < 1.29 is 19.0 Å². The molecular formula is C20H24N2O4. The Kier molecular flexibility index (Phi) is 7.02. The second-order valence-corrected chi connectivity index (χ2v) is 5.80. The fourth-order valence-electron chi connectivity index (χ4n) is 2.29. The molecule has 1 aromatic carbocycles. The molecule has 1 amide bonds. The summed E-state index contributed by atoms with van der Waals surface area (Å²) in [5.74, 6) is 1.59. The van der Waals surface area contributed by atoms with Gasteiger partial charge in [-0.2, -0.15) is 0 Å². The van der Waals surface area contributed by atoms with Crippen molar-refractivity contribution >= 4 is 12.0 Å². The Labute approximate surface area is 153 Å². The van der Waals surface area contributed by atoms with E-state index in [1.54, 1.807) is 32.6 Å². The van der Waals surface area contributed by atoms with Gasteiger partial charge in [-0.15, -0.1) is 0 Å². The van der Waals surface area contributed by atoms with Gasteiger partial charge >= 0.3 is 0 Å². The lowest BCUT2D eigenvalue weighted by Crippen LogP contribution is -2.20. The van der Waals surface area contributed by atoms with E-state index in [1.807, 2.05) is 38.1 Å². The summed E-state index contributed by atoms with van der Waals surface area (Å²) in [7, 11) is 3.14. The standard InChI is InChI=1S/C20H24N2O4/c1-14(2)26-17-9-7-15(12-18(17)24-3)8-10-19(23)22-13-16-6-5-11-21-20(16)25-4/h5-12,14H,13H2,1-4H3,(H,22,23)/b10-8+. The maximum Gasteiger partial charge on any atom is 0.244 e. The lowest BCUT2D eigenvalue weighted by molar-refractivity contribution is -0.116. The molecule has 0 spiro atoms. The van der Waals surface area contributed by atoms with Crippen molar-refractivity contribution in [3.8, 4) is 17.4 Å². The van der Waals surface area contributed by atoms with Crippen LogP contribution in [0.15, 0.2) is 42.6 Å². The van der Waals surface area contributed by atoms with Gasteiger partial charge in [-0.3, -0.25) is 4.79 Å². The highest BCUT2D eigenvalue weighted by atomic mass is 16.5. The van der Waals surface area contributed by atoms with Gasteiger partial charge in [-0.05, 0) is 43.7 Å². The third-order valence-corrected chi connectivity index (χ3v) is 3.47. The second kappa shape index (κ2) is 9.46. The molecule has 26 heavy (non-hydrogen) atoms. The van der Waals surface area contributed by atoms with E-state index in [0.29, 0.717) is 23.9 Å². The SMILES string of the molecule is COc1cc(/C=C/C(=O)NCc2cccnc2OC)ccc1OC(C)C. The number of methoxy groups -OCH3 is 2. The van der Waals surface area contributed by atoms with Crippen LogP contribution in [-0.4, -0.2) is 31.2 Å². The Morgan fingerprint density at radius 3 is 2.69 bits per heavy atom. The summed E-state index contributed by atoms with van der Waals surface area (Å²) >= 11 is 0. The molecule has 0 aliphatic rings. The molecule has 1 heterocycles. The Hall–Kier alpha value is -3.02. The molecule has 0 atom stereocenters. The van der Waals surface area contributed by atoms with Gasteiger partial charge in [0.2, 0.25) is 11.8 Å². The minimum Gasteiger partial charge on any atom is -0.493 e. The Morgan fingerprint density at radius 2 is 2.00 bits per heavy atom. The molecular weight excluding hydrogens is 332 g/mol. The van der Waals surface area contributed by atoms with Crippen LogP contribution in [0.5, 0.6) is 17.4 Å². The molecule has 0 saturated carbocycles. The van der Waals surface area contributed by atoms with E-state index >= 15 is 0 Å². The monoisotopic (exact) mass is 356 g/mol. The summed E-state index contributed by atoms with van der Waals surface area (Å²) in [5.41, 5.74) is 1.65. The summed E-state index contributed by atoms with van der Waals surface area (Å²) < 4.78 is 16.2.